The van der Waals surface area contributed by atoms with Gasteiger partial charge in [-0.15, -0.1) is 0 Å². The number of nitrogens with zero attached hydrogens (tertiary/aromatic N) is 2. The number of hydrogen-bond donors (Lipinski definition) is 0. The third kappa shape index (κ3) is 3.84. The lowest BCUT2D eigenvalue weighted by Crippen LogP contribution is -2.47. The zero-order valence-electron chi connectivity index (χ0n) is 13.8. The third-order valence-electron chi connectivity index (χ3n) is 3.78. The molecule has 2 aliphatic rings. The van der Waals surface area contributed by atoms with Crippen LogP contribution in [0.5, 0.6) is 5.75 Å². The Hall–Kier alpha value is -1.31. The maximum atomic E-state index is 12.3. The summed E-state index contributed by atoms with van der Waals surface area (Å²) in [5, 5.41) is 0.752. The number of carbonyl (C=O) groups is 1. The molecule has 24 heavy (non-hydrogen) atoms. The van der Waals surface area contributed by atoms with Crippen molar-refractivity contribution in [3.8, 4) is 5.75 Å². The molecule has 1 aromatic rings. The minimum absolute atomic E-state index is 0.130. The molecule has 2 atom stereocenters. The molecule has 1 saturated heterocycles. The maximum absolute atomic E-state index is 12.3. The molecule has 1 fully saturated rings. The first-order valence-corrected chi connectivity index (χ1v) is 9.33. The summed E-state index contributed by atoms with van der Waals surface area (Å²) in [5.41, 5.74) is 0.850. The number of aliphatic imine (C=N–C) groups is 1. The fraction of sp³-hybridized carbons (Fsp3) is 0.412. The lowest BCUT2D eigenvalue weighted by Gasteiger charge is -2.35. The lowest BCUT2D eigenvalue weighted by atomic mass is 10.2. The number of hydrogen-bond acceptors (Lipinski definition) is 5. The van der Waals surface area contributed by atoms with Gasteiger partial charge in [0.05, 0.1) is 24.2 Å². The van der Waals surface area contributed by atoms with E-state index in [1.807, 2.05) is 38.1 Å². The molecule has 0 spiro atoms. The molecule has 128 valence electrons. The molecular formula is C17H19BrN2O3S. The minimum Gasteiger partial charge on any atom is -0.496 e. The number of thioether (sulfide) groups is 1. The molecule has 3 rings (SSSR count). The lowest BCUT2D eigenvalue weighted by molar-refractivity contribution is -0.113. The number of amidine groups is 1. The van der Waals surface area contributed by atoms with Crippen molar-refractivity contribution in [3.05, 3.63) is 33.1 Å². The van der Waals surface area contributed by atoms with Gasteiger partial charge in [-0.25, -0.2) is 0 Å². The molecule has 5 nitrogen and oxygen atoms in total. The number of carbonyl (C=O) groups excluding carboxylic acids is 1. The highest BCUT2D eigenvalue weighted by Gasteiger charge is 2.31. The van der Waals surface area contributed by atoms with Crippen LogP contribution in [0.1, 0.15) is 19.4 Å². The van der Waals surface area contributed by atoms with Gasteiger partial charge in [0.15, 0.2) is 5.17 Å². The second-order valence-electron chi connectivity index (χ2n) is 5.86. The highest BCUT2D eigenvalue weighted by molar-refractivity contribution is 9.10. The predicted molar refractivity (Wildman–Crippen MR) is 100 cm³/mol. The van der Waals surface area contributed by atoms with Crippen LogP contribution < -0.4 is 4.74 Å². The monoisotopic (exact) mass is 410 g/mol. The second kappa shape index (κ2) is 7.29. The number of amides is 1. The number of benzene rings is 1. The van der Waals surface area contributed by atoms with Crippen molar-refractivity contribution in [2.24, 2.45) is 4.99 Å². The van der Waals surface area contributed by atoms with Gasteiger partial charge in [-0.2, -0.15) is 4.99 Å². The summed E-state index contributed by atoms with van der Waals surface area (Å²) in [4.78, 5) is 19.2. The Bertz CT molecular complexity index is 710. The summed E-state index contributed by atoms with van der Waals surface area (Å²) in [7, 11) is 1.62. The molecule has 0 saturated carbocycles. The van der Waals surface area contributed by atoms with Gasteiger partial charge in [-0.1, -0.05) is 15.9 Å². The van der Waals surface area contributed by atoms with Crippen molar-refractivity contribution >= 4 is 44.8 Å². The van der Waals surface area contributed by atoms with Crippen molar-refractivity contribution in [3.63, 3.8) is 0 Å². The summed E-state index contributed by atoms with van der Waals surface area (Å²) in [5.74, 6) is 0.519. The van der Waals surface area contributed by atoms with E-state index < -0.39 is 0 Å². The van der Waals surface area contributed by atoms with Crippen molar-refractivity contribution in [1.29, 1.82) is 0 Å². The normalized spacial score (nSPS) is 26.0. The van der Waals surface area contributed by atoms with E-state index in [1.165, 1.54) is 11.8 Å². The van der Waals surface area contributed by atoms with E-state index in [0.29, 0.717) is 4.91 Å². The zero-order valence-corrected chi connectivity index (χ0v) is 16.2. The fourth-order valence-corrected chi connectivity index (χ4v) is 4.13. The van der Waals surface area contributed by atoms with Crippen LogP contribution in [0.3, 0.4) is 0 Å². The molecule has 7 heteroatoms. The van der Waals surface area contributed by atoms with E-state index in [0.717, 1.165) is 34.0 Å². The first kappa shape index (κ1) is 17.5. The van der Waals surface area contributed by atoms with E-state index >= 15 is 0 Å². The SMILES string of the molecule is COc1ccc(Br)cc1/C=C1/SC(N2CC(C)OC(C)C2)=NC1=O. The Morgan fingerprint density at radius 1 is 1.38 bits per heavy atom. The van der Waals surface area contributed by atoms with Gasteiger partial charge in [-0.3, -0.25) is 4.79 Å². The molecule has 1 aromatic carbocycles. The fourth-order valence-electron chi connectivity index (χ4n) is 2.83. The number of rotatable bonds is 2. The average Bonchev–Trinajstić information content (AvgIpc) is 2.88. The van der Waals surface area contributed by atoms with Crippen molar-refractivity contribution in [2.75, 3.05) is 20.2 Å². The summed E-state index contributed by atoms with van der Waals surface area (Å²) < 4.78 is 12.0. The molecule has 0 aromatic heterocycles. The summed E-state index contributed by atoms with van der Waals surface area (Å²) in [6.45, 7) is 5.56. The Labute approximate surface area is 154 Å². The van der Waals surface area contributed by atoms with Crippen LogP contribution in [0, 0.1) is 0 Å². The predicted octanol–water partition coefficient (Wildman–Crippen LogP) is 3.54. The first-order valence-electron chi connectivity index (χ1n) is 7.72. The van der Waals surface area contributed by atoms with Crippen molar-refractivity contribution < 1.29 is 14.3 Å². The quantitative estimate of drug-likeness (QED) is 0.697. The van der Waals surface area contributed by atoms with Crippen LogP contribution in [0.15, 0.2) is 32.6 Å². The maximum Gasteiger partial charge on any atom is 0.286 e. The third-order valence-corrected chi connectivity index (χ3v) is 5.32. The van der Waals surface area contributed by atoms with Crippen LogP contribution in [-0.2, 0) is 9.53 Å². The Morgan fingerprint density at radius 3 is 2.75 bits per heavy atom. The first-order chi connectivity index (χ1) is 11.5. The number of methoxy groups -OCH3 is 1. The Kier molecular flexibility index (Phi) is 5.32. The van der Waals surface area contributed by atoms with E-state index in [2.05, 4.69) is 25.8 Å². The Morgan fingerprint density at radius 2 is 2.08 bits per heavy atom. The molecule has 2 unspecified atom stereocenters. The van der Waals surface area contributed by atoms with Gasteiger partial charge in [0.25, 0.3) is 5.91 Å². The van der Waals surface area contributed by atoms with Gasteiger partial charge in [-0.05, 0) is 49.9 Å². The van der Waals surface area contributed by atoms with Crippen LogP contribution in [0.4, 0.5) is 0 Å². The van der Waals surface area contributed by atoms with E-state index in [1.54, 1.807) is 7.11 Å². The van der Waals surface area contributed by atoms with Crippen LogP contribution >= 0.6 is 27.7 Å². The minimum atomic E-state index is -0.205. The van der Waals surface area contributed by atoms with Crippen LogP contribution in [-0.4, -0.2) is 48.4 Å². The summed E-state index contributed by atoms with van der Waals surface area (Å²) in [6, 6.07) is 5.70. The summed E-state index contributed by atoms with van der Waals surface area (Å²) >= 11 is 4.86. The van der Waals surface area contributed by atoms with E-state index in [4.69, 9.17) is 9.47 Å². The standard InChI is InChI=1S/C17H19BrN2O3S/c1-10-8-20(9-11(2)23-10)17-19-16(21)15(24-17)7-12-6-13(18)4-5-14(12)22-3/h4-7,10-11H,8-9H2,1-3H3/b15-7+. The summed E-state index contributed by atoms with van der Waals surface area (Å²) in [6.07, 6.45) is 2.09. The van der Waals surface area contributed by atoms with Gasteiger partial charge >= 0.3 is 0 Å². The van der Waals surface area contributed by atoms with Gasteiger partial charge < -0.3 is 14.4 Å². The van der Waals surface area contributed by atoms with Crippen molar-refractivity contribution in [2.45, 2.75) is 26.1 Å². The van der Waals surface area contributed by atoms with E-state index in [9.17, 15) is 4.79 Å². The second-order valence-corrected chi connectivity index (χ2v) is 7.78. The van der Waals surface area contributed by atoms with Gasteiger partial charge in [0.2, 0.25) is 0 Å². The molecule has 1 amide bonds. The number of ether oxygens (including phenoxy) is 2. The topological polar surface area (TPSA) is 51.1 Å². The molecule has 2 heterocycles. The molecule has 0 aliphatic carbocycles. The smallest absolute Gasteiger partial charge is 0.286 e. The largest absolute Gasteiger partial charge is 0.496 e. The number of morpholine rings is 1. The Balaban J connectivity index is 1.81. The number of halogens is 1. The molecule has 0 bridgehead atoms. The van der Waals surface area contributed by atoms with Crippen LogP contribution in [0.25, 0.3) is 6.08 Å². The highest BCUT2D eigenvalue weighted by atomic mass is 79.9. The highest BCUT2D eigenvalue weighted by Crippen LogP contribution is 2.34. The zero-order chi connectivity index (χ0) is 17.3. The molecule has 0 N–H and O–H groups in total. The molecule has 2 aliphatic heterocycles. The molecule has 0 radical (unpaired) electrons. The van der Waals surface area contributed by atoms with Crippen molar-refractivity contribution in [1.82, 2.24) is 4.90 Å². The average molecular weight is 411 g/mol. The molecular weight excluding hydrogens is 392 g/mol. The van der Waals surface area contributed by atoms with E-state index in [-0.39, 0.29) is 18.1 Å². The van der Waals surface area contributed by atoms with Crippen LogP contribution in [0.2, 0.25) is 0 Å². The van der Waals surface area contributed by atoms with Gasteiger partial charge in [0.1, 0.15) is 5.75 Å². The van der Waals surface area contributed by atoms with Gasteiger partial charge in [0, 0.05) is 23.1 Å².